The quantitative estimate of drug-likeness (QED) is 0.565. The Kier molecular flexibility index (Phi) is 2.86. The molecule has 1 unspecified atom stereocenters. The highest BCUT2D eigenvalue weighted by Gasteiger charge is 2.21. The van der Waals surface area contributed by atoms with Crippen molar-refractivity contribution in [1.29, 1.82) is 0 Å². The standard InChI is InChI=1S/C7H14OS/c8-7(5-9)6-3-1-2-4-6/h6-9H,1-5H2. The minimum absolute atomic E-state index is 0.143. The molecule has 1 nitrogen and oxygen atoms in total. The van der Waals surface area contributed by atoms with E-state index in [-0.39, 0.29) is 6.10 Å². The van der Waals surface area contributed by atoms with Gasteiger partial charge in [0.2, 0.25) is 0 Å². The van der Waals surface area contributed by atoms with Gasteiger partial charge in [0.05, 0.1) is 6.10 Å². The van der Waals surface area contributed by atoms with Crippen LogP contribution < -0.4 is 0 Å². The van der Waals surface area contributed by atoms with E-state index in [1.54, 1.807) is 0 Å². The Hall–Kier alpha value is 0.310. The molecule has 0 aromatic carbocycles. The Balaban J connectivity index is 2.24. The van der Waals surface area contributed by atoms with Crippen LogP contribution in [0.4, 0.5) is 0 Å². The highest BCUT2D eigenvalue weighted by molar-refractivity contribution is 7.80. The lowest BCUT2D eigenvalue weighted by Crippen LogP contribution is -2.18. The molecular weight excluding hydrogens is 132 g/mol. The fraction of sp³-hybridized carbons (Fsp3) is 1.00. The van der Waals surface area contributed by atoms with Gasteiger partial charge < -0.3 is 5.11 Å². The van der Waals surface area contributed by atoms with Gasteiger partial charge in [-0.15, -0.1) is 0 Å². The Morgan fingerprint density at radius 1 is 1.44 bits per heavy atom. The van der Waals surface area contributed by atoms with Crippen LogP contribution in [0.3, 0.4) is 0 Å². The first-order valence-corrected chi connectivity index (χ1v) is 4.26. The molecule has 1 aliphatic carbocycles. The fourth-order valence-corrected chi connectivity index (χ4v) is 1.79. The summed E-state index contributed by atoms with van der Waals surface area (Å²) in [6.07, 6.45) is 4.88. The van der Waals surface area contributed by atoms with Crippen LogP contribution in [0.2, 0.25) is 0 Å². The lowest BCUT2D eigenvalue weighted by molar-refractivity contribution is 0.134. The van der Waals surface area contributed by atoms with Crippen LogP contribution in [0.5, 0.6) is 0 Å². The summed E-state index contributed by atoms with van der Waals surface area (Å²) in [5, 5.41) is 9.28. The van der Waals surface area contributed by atoms with Gasteiger partial charge >= 0.3 is 0 Å². The van der Waals surface area contributed by atoms with E-state index < -0.39 is 0 Å². The van der Waals surface area contributed by atoms with E-state index in [2.05, 4.69) is 12.6 Å². The Morgan fingerprint density at radius 2 is 2.00 bits per heavy atom. The lowest BCUT2D eigenvalue weighted by atomic mass is 10.0. The molecule has 1 N–H and O–H groups in total. The molecule has 9 heavy (non-hydrogen) atoms. The molecule has 0 saturated heterocycles. The number of hydrogen-bond acceptors (Lipinski definition) is 2. The molecule has 0 amide bonds. The summed E-state index contributed by atoms with van der Waals surface area (Å²) in [6.45, 7) is 0. The molecule has 1 aliphatic rings. The molecule has 0 aliphatic heterocycles. The van der Waals surface area contributed by atoms with Gasteiger partial charge in [-0.3, -0.25) is 0 Å². The maximum absolute atomic E-state index is 9.28. The predicted molar refractivity (Wildman–Crippen MR) is 41.8 cm³/mol. The largest absolute Gasteiger partial charge is 0.392 e. The lowest BCUT2D eigenvalue weighted by Gasteiger charge is -2.13. The molecule has 0 radical (unpaired) electrons. The maximum Gasteiger partial charge on any atom is 0.0656 e. The van der Waals surface area contributed by atoms with Crippen molar-refractivity contribution in [3.63, 3.8) is 0 Å². The van der Waals surface area contributed by atoms with E-state index in [4.69, 9.17) is 0 Å². The second-order valence-electron chi connectivity index (χ2n) is 2.79. The van der Waals surface area contributed by atoms with Crippen LogP contribution in [0, 0.1) is 5.92 Å². The minimum Gasteiger partial charge on any atom is -0.392 e. The minimum atomic E-state index is -0.143. The molecule has 0 heterocycles. The summed E-state index contributed by atoms with van der Waals surface area (Å²) in [4.78, 5) is 0. The average molecular weight is 146 g/mol. The van der Waals surface area contributed by atoms with Crippen molar-refractivity contribution in [1.82, 2.24) is 0 Å². The molecule has 1 fully saturated rings. The molecule has 1 atom stereocenters. The first-order valence-electron chi connectivity index (χ1n) is 3.63. The van der Waals surface area contributed by atoms with Crippen molar-refractivity contribution in [2.45, 2.75) is 31.8 Å². The van der Waals surface area contributed by atoms with Crippen LogP contribution in [0.15, 0.2) is 0 Å². The van der Waals surface area contributed by atoms with Crippen LogP contribution in [-0.2, 0) is 0 Å². The number of rotatable bonds is 2. The molecule has 0 bridgehead atoms. The summed E-state index contributed by atoms with van der Waals surface area (Å²) >= 11 is 4.04. The zero-order valence-corrected chi connectivity index (χ0v) is 6.48. The van der Waals surface area contributed by atoms with Crippen LogP contribution in [0.25, 0.3) is 0 Å². The van der Waals surface area contributed by atoms with Gasteiger partial charge in [-0.1, -0.05) is 12.8 Å². The number of hydrogen-bond donors (Lipinski definition) is 2. The summed E-state index contributed by atoms with van der Waals surface area (Å²) < 4.78 is 0. The maximum atomic E-state index is 9.28. The second-order valence-corrected chi connectivity index (χ2v) is 3.16. The van der Waals surface area contributed by atoms with E-state index in [9.17, 15) is 5.11 Å². The normalized spacial score (nSPS) is 24.7. The third-order valence-electron chi connectivity index (χ3n) is 2.13. The van der Waals surface area contributed by atoms with E-state index in [1.807, 2.05) is 0 Å². The third-order valence-corrected chi connectivity index (χ3v) is 2.51. The smallest absolute Gasteiger partial charge is 0.0656 e. The van der Waals surface area contributed by atoms with Crippen molar-refractivity contribution in [3.8, 4) is 0 Å². The summed E-state index contributed by atoms with van der Waals surface area (Å²) in [5.41, 5.74) is 0. The average Bonchev–Trinajstić information content (AvgIpc) is 2.37. The monoisotopic (exact) mass is 146 g/mol. The molecule has 2 heteroatoms. The molecular formula is C7H14OS. The molecule has 1 saturated carbocycles. The Labute approximate surface area is 61.9 Å². The molecule has 54 valence electrons. The van der Waals surface area contributed by atoms with Crippen molar-refractivity contribution < 1.29 is 5.11 Å². The first kappa shape index (κ1) is 7.42. The molecule has 0 aromatic rings. The van der Waals surface area contributed by atoms with Gasteiger partial charge in [0.25, 0.3) is 0 Å². The van der Waals surface area contributed by atoms with Gasteiger partial charge in [-0.25, -0.2) is 0 Å². The summed E-state index contributed by atoms with van der Waals surface area (Å²) in [6, 6.07) is 0. The van der Waals surface area contributed by atoms with Gasteiger partial charge in [0.15, 0.2) is 0 Å². The fourth-order valence-electron chi connectivity index (χ4n) is 1.49. The van der Waals surface area contributed by atoms with Crippen LogP contribution >= 0.6 is 12.6 Å². The molecule has 0 spiro atoms. The molecule has 0 aromatic heterocycles. The SMILES string of the molecule is OC(CS)C1CCCC1. The van der Waals surface area contributed by atoms with E-state index in [0.717, 1.165) is 0 Å². The second kappa shape index (κ2) is 3.47. The highest BCUT2D eigenvalue weighted by Crippen LogP contribution is 2.27. The van der Waals surface area contributed by atoms with Crippen LogP contribution in [0.1, 0.15) is 25.7 Å². The van der Waals surface area contributed by atoms with Crippen molar-refractivity contribution in [3.05, 3.63) is 0 Å². The molecule has 1 rings (SSSR count). The van der Waals surface area contributed by atoms with Gasteiger partial charge in [0.1, 0.15) is 0 Å². The first-order chi connectivity index (χ1) is 4.34. The van der Waals surface area contributed by atoms with Crippen LogP contribution in [-0.4, -0.2) is 17.0 Å². The predicted octanol–water partition coefficient (Wildman–Crippen LogP) is 1.47. The zero-order valence-electron chi connectivity index (χ0n) is 5.58. The highest BCUT2D eigenvalue weighted by atomic mass is 32.1. The summed E-state index contributed by atoms with van der Waals surface area (Å²) in [5.74, 6) is 1.19. The zero-order chi connectivity index (χ0) is 6.69. The van der Waals surface area contributed by atoms with Crippen molar-refractivity contribution in [2.75, 3.05) is 5.75 Å². The van der Waals surface area contributed by atoms with Gasteiger partial charge in [0, 0.05) is 5.75 Å². The number of aliphatic hydroxyl groups is 1. The van der Waals surface area contributed by atoms with Crippen molar-refractivity contribution >= 4 is 12.6 Å². The summed E-state index contributed by atoms with van der Waals surface area (Å²) in [7, 11) is 0. The Morgan fingerprint density at radius 3 is 2.44 bits per heavy atom. The van der Waals surface area contributed by atoms with Gasteiger partial charge in [-0.2, -0.15) is 12.6 Å². The third kappa shape index (κ3) is 1.87. The number of aliphatic hydroxyl groups excluding tert-OH is 1. The van der Waals surface area contributed by atoms with E-state index in [1.165, 1.54) is 25.7 Å². The van der Waals surface area contributed by atoms with Crippen molar-refractivity contribution in [2.24, 2.45) is 5.92 Å². The topological polar surface area (TPSA) is 20.2 Å². The number of thiol groups is 1. The van der Waals surface area contributed by atoms with E-state index >= 15 is 0 Å². The Bertz CT molecular complexity index is 79.0. The van der Waals surface area contributed by atoms with E-state index in [0.29, 0.717) is 11.7 Å². The van der Waals surface area contributed by atoms with Gasteiger partial charge in [-0.05, 0) is 18.8 Å².